The van der Waals surface area contributed by atoms with E-state index in [0.717, 1.165) is 5.56 Å². The van der Waals surface area contributed by atoms with Crippen molar-refractivity contribution in [1.29, 1.82) is 0 Å². The lowest BCUT2D eigenvalue weighted by atomic mass is 10.1. The highest BCUT2D eigenvalue weighted by Gasteiger charge is 2.38. The number of halogens is 3. The number of anilines is 1. The molecule has 0 atom stereocenters. The van der Waals surface area contributed by atoms with E-state index >= 15 is 0 Å². The Balaban J connectivity index is 0.000000445. The monoisotopic (exact) mass is 384 g/mol. The zero-order valence-electron chi connectivity index (χ0n) is 13.7. The van der Waals surface area contributed by atoms with Crippen molar-refractivity contribution in [2.45, 2.75) is 19.0 Å². The van der Waals surface area contributed by atoms with E-state index in [1.807, 2.05) is 30.3 Å². The highest BCUT2D eigenvalue weighted by Crippen LogP contribution is 2.13. The summed E-state index contributed by atoms with van der Waals surface area (Å²) in [4.78, 5) is 35.6. The zero-order chi connectivity index (χ0) is 20.4. The molecule has 0 spiro atoms. The molecule has 10 heteroatoms. The Kier molecular flexibility index (Phi) is 7.92. The van der Waals surface area contributed by atoms with Crippen molar-refractivity contribution in [3.63, 3.8) is 0 Å². The molecule has 2 rings (SSSR count). The summed E-state index contributed by atoms with van der Waals surface area (Å²) in [6.07, 6.45) is -2.76. The molecular weight excluding hydrogens is 369 g/mol. The van der Waals surface area contributed by atoms with Crippen LogP contribution in [0.5, 0.6) is 0 Å². The second kappa shape index (κ2) is 9.90. The number of nitrogens with zero attached hydrogens (tertiary/aromatic N) is 1. The number of aliphatic carboxylic acids is 1. The number of aromatic nitrogens is 1. The van der Waals surface area contributed by atoms with Crippen LogP contribution in [-0.2, 0) is 16.0 Å². The molecule has 3 N–H and O–H groups in total. The maximum atomic E-state index is 11.8. The van der Waals surface area contributed by atoms with Crippen molar-refractivity contribution in [2.24, 2.45) is 0 Å². The minimum atomic E-state index is -5.08. The first-order chi connectivity index (χ1) is 12.6. The summed E-state index contributed by atoms with van der Waals surface area (Å²) in [6, 6.07) is 12.5. The van der Waals surface area contributed by atoms with Crippen LogP contribution in [-0.4, -0.2) is 39.2 Å². The lowest BCUT2D eigenvalue weighted by Gasteiger charge is -2.07. The number of carbonyl (C=O) groups is 3. The fraction of sp³-hybridized carbons (Fsp3) is 0.176. The molecule has 0 radical (unpaired) electrons. The van der Waals surface area contributed by atoms with Crippen molar-refractivity contribution in [1.82, 2.24) is 4.98 Å². The Morgan fingerprint density at radius 1 is 1.00 bits per heavy atom. The summed E-state index contributed by atoms with van der Waals surface area (Å²) in [6.45, 7) is 0. The molecule has 1 aromatic carbocycles. The van der Waals surface area contributed by atoms with E-state index in [9.17, 15) is 22.8 Å². The zero-order valence-corrected chi connectivity index (χ0v) is 13.7. The van der Waals surface area contributed by atoms with E-state index < -0.39 is 18.1 Å². The van der Waals surface area contributed by atoms with Gasteiger partial charge >= 0.3 is 18.1 Å². The lowest BCUT2D eigenvalue weighted by molar-refractivity contribution is -0.192. The van der Waals surface area contributed by atoms with E-state index in [1.165, 1.54) is 18.3 Å². The molecule has 0 aliphatic heterocycles. The van der Waals surface area contributed by atoms with Crippen LogP contribution in [0.1, 0.15) is 22.3 Å². The van der Waals surface area contributed by atoms with Gasteiger partial charge in [0.2, 0.25) is 5.91 Å². The summed E-state index contributed by atoms with van der Waals surface area (Å²) >= 11 is 0. The summed E-state index contributed by atoms with van der Waals surface area (Å²) in [5.41, 5.74) is 1.04. The van der Waals surface area contributed by atoms with Crippen LogP contribution in [0, 0.1) is 0 Å². The molecule has 0 aliphatic carbocycles. The molecule has 1 amide bonds. The second-order valence-electron chi connectivity index (χ2n) is 5.04. The minimum Gasteiger partial charge on any atom is -0.478 e. The topological polar surface area (TPSA) is 117 Å². The molecule has 7 nitrogen and oxygen atoms in total. The highest BCUT2D eigenvalue weighted by molar-refractivity contribution is 5.99. The van der Waals surface area contributed by atoms with Gasteiger partial charge in [-0.05, 0) is 24.1 Å². The number of carboxylic acids is 2. The summed E-state index contributed by atoms with van der Waals surface area (Å²) in [7, 11) is 0. The van der Waals surface area contributed by atoms with Gasteiger partial charge in [0.15, 0.2) is 0 Å². The maximum Gasteiger partial charge on any atom is 0.490 e. The van der Waals surface area contributed by atoms with Crippen LogP contribution < -0.4 is 5.32 Å². The molecule has 0 saturated heterocycles. The van der Waals surface area contributed by atoms with Crippen LogP contribution in [0.15, 0.2) is 48.7 Å². The molecule has 0 fully saturated rings. The van der Waals surface area contributed by atoms with Crippen LogP contribution in [0.3, 0.4) is 0 Å². The van der Waals surface area contributed by atoms with Crippen LogP contribution in [0.2, 0.25) is 0 Å². The quantitative estimate of drug-likeness (QED) is 0.730. The van der Waals surface area contributed by atoms with Crippen molar-refractivity contribution >= 4 is 23.7 Å². The fourth-order valence-corrected chi connectivity index (χ4v) is 1.77. The number of aryl methyl sites for hydroxylation is 1. The number of amides is 1. The van der Waals surface area contributed by atoms with E-state index in [-0.39, 0.29) is 23.7 Å². The third-order valence-electron chi connectivity index (χ3n) is 3.02. The van der Waals surface area contributed by atoms with Crippen molar-refractivity contribution in [3.8, 4) is 0 Å². The highest BCUT2D eigenvalue weighted by atomic mass is 19.4. The van der Waals surface area contributed by atoms with Gasteiger partial charge in [-0.1, -0.05) is 30.3 Å². The SMILES string of the molecule is O=C(CCc1ccccc1)Nc1ncccc1C(=O)O.O=C(O)C(F)(F)F. The van der Waals surface area contributed by atoms with Gasteiger partial charge in [0.1, 0.15) is 11.4 Å². The number of hydrogen-bond donors (Lipinski definition) is 3. The number of pyridine rings is 1. The molecule has 2 aromatic rings. The second-order valence-corrected chi connectivity index (χ2v) is 5.04. The Labute approximate surface area is 151 Å². The Morgan fingerprint density at radius 3 is 2.11 bits per heavy atom. The Morgan fingerprint density at radius 2 is 1.59 bits per heavy atom. The number of benzene rings is 1. The third-order valence-corrected chi connectivity index (χ3v) is 3.02. The van der Waals surface area contributed by atoms with Crippen LogP contribution >= 0.6 is 0 Å². The third kappa shape index (κ3) is 7.99. The van der Waals surface area contributed by atoms with E-state index in [1.54, 1.807) is 0 Å². The number of carbonyl (C=O) groups excluding carboxylic acids is 1. The van der Waals surface area contributed by atoms with Gasteiger partial charge in [0, 0.05) is 12.6 Å². The van der Waals surface area contributed by atoms with Crippen molar-refractivity contribution in [3.05, 3.63) is 59.8 Å². The summed E-state index contributed by atoms with van der Waals surface area (Å²) < 4.78 is 31.7. The summed E-state index contributed by atoms with van der Waals surface area (Å²) in [5.74, 6) is -4.04. The number of hydrogen-bond acceptors (Lipinski definition) is 4. The molecule has 0 bridgehead atoms. The number of alkyl halides is 3. The van der Waals surface area contributed by atoms with Gasteiger partial charge in [-0.25, -0.2) is 14.6 Å². The smallest absolute Gasteiger partial charge is 0.478 e. The standard InChI is InChI=1S/C15H14N2O3.C2HF3O2/c18-13(9-8-11-5-2-1-3-6-11)17-14-12(15(19)20)7-4-10-16-14;3-2(4,5)1(6)7/h1-7,10H,8-9H2,(H,19,20)(H,16,17,18);(H,6,7). The lowest BCUT2D eigenvalue weighted by Crippen LogP contribution is -2.21. The number of rotatable bonds is 5. The van der Waals surface area contributed by atoms with E-state index in [0.29, 0.717) is 6.42 Å². The van der Waals surface area contributed by atoms with E-state index in [2.05, 4.69) is 10.3 Å². The minimum absolute atomic E-state index is 0.0134. The molecule has 27 heavy (non-hydrogen) atoms. The Bertz CT molecular complexity index is 795. The van der Waals surface area contributed by atoms with Crippen molar-refractivity contribution < 1.29 is 37.8 Å². The number of nitrogens with one attached hydrogen (secondary N) is 1. The van der Waals surface area contributed by atoms with Gasteiger partial charge in [0.25, 0.3) is 0 Å². The number of carboxylic acid groups (broad SMARTS) is 2. The molecular formula is C17H15F3N2O5. The van der Waals surface area contributed by atoms with Gasteiger partial charge in [0.05, 0.1) is 0 Å². The predicted octanol–water partition coefficient (Wildman–Crippen LogP) is 2.98. The van der Waals surface area contributed by atoms with Gasteiger partial charge in [-0.2, -0.15) is 13.2 Å². The fourth-order valence-electron chi connectivity index (χ4n) is 1.77. The van der Waals surface area contributed by atoms with Gasteiger partial charge in [-0.3, -0.25) is 4.79 Å². The first kappa shape index (κ1) is 21.6. The summed E-state index contributed by atoms with van der Waals surface area (Å²) in [5, 5.41) is 18.7. The van der Waals surface area contributed by atoms with Crippen LogP contribution in [0.25, 0.3) is 0 Å². The average molecular weight is 384 g/mol. The molecule has 144 valence electrons. The average Bonchev–Trinajstić information content (AvgIpc) is 2.61. The van der Waals surface area contributed by atoms with Gasteiger partial charge in [-0.15, -0.1) is 0 Å². The van der Waals surface area contributed by atoms with E-state index in [4.69, 9.17) is 15.0 Å². The molecule has 0 saturated carbocycles. The van der Waals surface area contributed by atoms with Crippen molar-refractivity contribution in [2.75, 3.05) is 5.32 Å². The first-order valence-corrected chi connectivity index (χ1v) is 7.43. The normalized spacial score (nSPS) is 10.3. The molecule has 0 unspecified atom stereocenters. The number of aromatic carboxylic acids is 1. The maximum absolute atomic E-state index is 11.8. The largest absolute Gasteiger partial charge is 0.490 e. The molecule has 1 aromatic heterocycles. The van der Waals surface area contributed by atoms with Gasteiger partial charge < -0.3 is 15.5 Å². The molecule has 0 aliphatic rings. The van der Waals surface area contributed by atoms with Crippen LogP contribution in [0.4, 0.5) is 19.0 Å². The first-order valence-electron chi connectivity index (χ1n) is 7.43. The predicted molar refractivity (Wildman–Crippen MR) is 88.3 cm³/mol. The Hall–Kier alpha value is -3.43. The molecule has 1 heterocycles.